The van der Waals surface area contributed by atoms with E-state index in [9.17, 15) is 9.59 Å². The standard InChI is InChI=1S/C24H28N2O3/c1-17-15-21(17)22-9-7-20(29-22)8-10-23(27)26-13-11-19(12-14-26)24(28)25-16-18-5-3-2-4-6-18/h2-10,17,19,21H,11-16H2,1H3,(H,25,28)/b10-8+. The number of nitrogens with zero attached hydrogens (tertiary/aromatic N) is 1. The van der Waals surface area contributed by atoms with E-state index in [-0.39, 0.29) is 17.7 Å². The molecular formula is C24H28N2O3. The van der Waals surface area contributed by atoms with E-state index in [4.69, 9.17) is 4.42 Å². The van der Waals surface area contributed by atoms with Gasteiger partial charge in [-0.05, 0) is 49.0 Å². The second kappa shape index (κ2) is 8.68. The number of nitrogens with one attached hydrogen (secondary N) is 1. The van der Waals surface area contributed by atoms with Crippen LogP contribution in [0.2, 0.25) is 0 Å². The maximum absolute atomic E-state index is 12.5. The maximum atomic E-state index is 12.5. The number of benzene rings is 1. The molecule has 2 atom stereocenters. The zero-order valence-corrected chi connectivity index (χ0v) is 16.8. The Kier molecular flexibility index (Phi) is 5.84. The molecule has 0 spiro atoms. The predicted molar refractivity (Wildman–Crippen MR) is 112 cm³/mol. The summed E-state index contributed by atoms with van der Waals surface area (Å²) in [4.78, 5) is 26.7. The van der Waals surface area contributed by atoms with Gasteiger partial charge in [0.2, 0.25) is 11.8 Å². The normalized spacial score (nSPS) is 22.0. The van der Waals surface area contributed by atoms with Crippen molar-refractivity contribution in [3.8, 4) is 0 Å². The smallest absolute Gasteiger partial charge is 0.246 e. The molecule has 2 aliphatic rings. The fourth-order valence-corrected chi connectivity index (χ4v) is 3.93. The van der Waals surface area contributed by atoms with Crippen LogP contribution in [0.15, 0.2) is 53.0 Å². The Labute approximate surface area is 171 Å². The zero-order chi connectivity index (χ0) is 20.2. The van der Waals surface area contributed by atoms with Crippen molar-refractivity contribution < 1.29 is 14.0 Å². The van der Waals surface area contributed by atoms with Gasteiger partial charge in [-0.2, -0.15) is 0 Å². The molecule has 5 heteroatoms. The third kappa shape index (κ3) is 4.97. The van der Waals surface area contributed by atoms with Gasteiger partial charge in [-0.15, -0.1) is 0 Å². The van der Waals surface area contributed by atoms with Crippen LogP contribution in [0.1, 0.15) is 49.2 Å². The van der Waals surface area contributed by atoms with Crippen molar-refractivity contribution in [1.82, 2.24) is 10.2 Å². The molecule has 29 heavy (non-hydrogen) atoms. The molecule has 2 amide bonds. The van der Waals surface area contributed by atoms with Crippen molar-refractivity contribution in [3.63, 3.8) is 0 Å². The Hall–Kier alpha value is -2.82. The molecule has 152 valence electrons. The van der Waals surface area contributed by atoms with E-state index < -0.39 is 0 Å². The predicted octanol–water partition coefficient (Wildman–Crippen LogP) is 3.97. The third-order valence-electron chi connectivity index (χ3n) is 6.00. The van der Waals surface area contributed by atoms with Crippen molar-refractivity contribution in [1.29, 1.82) is 0 Å². The van der Waals surface area contributed by atoms with E-state index in [1.165, 1.54) is 6.42 Å². The van der Waals surface area contributed by atoms with Crippen LogP contribution in [0, 0.1) is 11.8 Å². The number of carbonyl (C=O) groups excluding carboxylic acids is 2. The molecular weight excluding hydrogens is 364 g/mol. The summed E-state index contributed by atoms with van der Waals surface area (Å²) in [6, 6.07) is 13.8. The summed E-state index contributed by atoms with van der Waals surface area (Å²) in [5, 5.41) is 3.01. The first-order valence-electron chi connectivity index (χ1n) is 10.5. The molecule has 2 fully saturated rings. The minimum atomic E-state index is -0.0279. The molecule has 1 saturated carbocycles. The minimum absolute atomic E-state index is 0.0223. The Morgan fingerprint density at radius 1 is 1.14 bits per heavy atom. The molecule has 1 aromatic heterocycles. The van der Waals surface area contributed by atoms with E-state index >= 15 is 0 Å². The molecule has 5 nitrogen and oxygen atoms in total. The van der Waals surface area contributed by atoms with E-state index in [2.05, 4.69) is 12.2 Å². The second-order valence-electron chi connectivity index (χ2n) is 8.20. The van der Waals surface area contributed by atoms with E-state index in [0.29, 0.717) is 44.3 Å². The summed E-state index contributed by atoms with van der Waals surface area (Å²) in [5.41, 5.74) is 1.09. The second-order valence-corrected chi connectivity index (χ2v) is 8.20. The van der Waals surface area contributed by atoms with Crippen LogP contribution in [0.3, 0.4) is 0 Å². The monoisotopic (exact) mass is 392 g/mol. The molecule has 4 rings (SSSR count). The summed E-state index contributed by atoms with van der Waals surface area (Å²) in [6.07, 6.45) is 5.91. The minimum Gasteiger partial charge on any atom is -0.461 e. The average molecular weight is 392 g/mol. The molecule has 1 N–H and O–H groups in total. The Bertz CT molecular complexity index is 879. The number of carbonyl (C=O) groups is 2. The molecule has 1 aliphatic heterocycles. The van der Waals surface area contributed by atoms with Crippen LogP contribution < -0.4 is 5.32 Å². The fraction of sp³-hybridized carbons (Fsp3) is 0.417. The van der Waals surface area contributed by atoms with Crippen LogP contribution in [0.25, 0.3) is 6.08 Å². The summed E-state index contributed by atoms with van der Waals surface area (Å²) in [7, 11) is 0. The SMILES string of the molecule is CC1CC1c1ccc(/C=C/C(=O)N2CCC(C(=O)NCc3ccccc3)CC2)o1. The third-order valence-corrected chi connectivity index (χ3v) is 6.00. The number of hydrogen-bond donors (Lipinski definition) is 1. The molecule has 0 radical (unpaired) electrons. The van der Waals surface area contributed by atoms with Gasteiger partial charge >= 0.3 is 0 Å². The first-order chi connectivity index (χ1) is 14.1. The Morgan fingerprint density at radius 2 is 1.86 bits per heavy atom. The summed E-state index contributed by atoms with van der Waals surface area (Å²) >= 11 is 0. The number of piperidine rings is 1. The summed E-state index contributed by atoms with van der Waals surface area (Å²) in [5.74, 6) is 3.01. The Balaban J connectivity index is 1.22. The van der Waals surface area contributed by atoms with E-state index in [0.717, 1.165) is 17.1 Å². The Morgan fingerprint density at radius 3 is 2.55 bits per heavy atom. The molecule has 2 aromatic rings. The lowest BCUT2D eigenvalue weighted by Gasteiger charge is -2.30. The van der Waals surface area contributed by atoms with Gasteiger partial charge in [0, 0.05) is 37.5 Å². The highest BCUT2D eigenvalue weighted by molar-refractivity contribution is 5.91. The van der Waals surface area contributed by atoms with Crippen LogP contribution in [0.5, 0.6) is 0 Å². The van der Waals surface area contributed by atoms with Gasteiger partial charge < -0.3 is 14.6 Å². The largest absolute Gasteiger partial charge is 0.461 e. The average Bonchev–Trinajstić information content (AvgIpc) is 3.30. The lowest BCUT2D eigenvalue weighted by molar-refractivity contribution is -0.132. The van der Waals surface area contributed by atoms with Crippen molar-refractivity contribution >= 4 is 17.9 Å². The van der Waals surface area contributed by atoms with Crippen LogP contribution in [-0.4, -0.2) is 29.8 Å². The first-order valence-corrected chi connectivity index (χ1v) is 10.5. The number of likely N-dealkylation sites (tertiary alicyclic amines) is 1. The highest BCUT2D eigenvalue weighted by Gasteiger charge is 2.36. The van der Waals surface area contributed by atoms with Gasteiger partial charge in [0.25, 0.3) is 0 Å². The van der Waals surface area contributed by atoms with Gasteiger partial charge in [0.15, 0.2) is 0 Å². The first kappa shape index (κ1) is 19.5. The van der Waals surface area contributed by atoms with Crippen LogP contribution >= 0.6 is 0 Å². The van der Waals surface area contributed by atoms with E-state index in [1.807, 2.05) is 47.4 Å². The number of hydrogen-bond acceptors (Lipinski definition) is 3. The quantitative estimate of drug-likeness (QED) is 0.757. The van der Waals surface area contributed by atoms with Gasteiger partial charge in [-0.1, -0.05) is 37.3 Å². The van der Waals surface area contributed by atoms with Crippen LogP contribution in [0.4, 0.5) is 0 Å². The van der Waals surface area contributed by atoms with Gasteiger partial charge in [-0.25, -0.2) is 0 Å². The zero-order valence-electron chi connectivity index (χ0n) is 16.8. The maximum Gasteiger partial charge on any atom is 0.246 e. The van der Waals surface area contributed by atoms with Gasteiger partial charge in [0.1, 0.15) is 11.5 Å². The molecule has 2 unspecified atom stereocenters. The van der Waals surface area contributed by atoms with Crippen molar-refractivity contribution in [2.75, 3.05) is 13.1 Å². The molecule has 2 heterocycles. The van der Waals surface area contributed by atoms with Gasteiger partial charge in [-0.3, -0.25) is 9.59 Å². The fourth-order valence-electron chi connectivity index (χ4n) is 3.93. The highest BCUT2D eigenvalue weighted by atomic mass is 16.3. The number of rotatable bonds is 6. The molecule has 0 bridgehead atoms. The highest BCUT2D eigenvalue weighted by Crippen LogP contribution is 2.47. The summed E-state index contributed by atoms with van der Waals surface area (Å²) in [6.45, 7) is 3.98. The lowest BCUT2D eigenvalue weighted by atomic mass is 9.95. The van der Waals surface area contributed by atoms with E-state index in [1.54, 1.807) is 12.2 Å². The van der Waals surface area contributed by atoms with Crippen molar-refractivity contribution in [2.45, 2.75) is 38.6 Å². The lowest BCUT2D eigenvalue weighted by Crippen LogP contribution is -2.42. The number of amides is 2. The van der Waals surface area contributed by atoms with Crippen molar-refractivity contribution in [3.05, 3.63) is 65.6 Å². The van der Waals surface area contributed by atoms with Gasteiger partial charge in [0.05, 0.1) is 0 Å². The molecule has 1 aliphatic carbocycles. The number of furan rings is 1. The van der Waals surface area contributed by atoms with Crippen molar-refractivity contribution in [2.24, 2.45) is 11.8 Å². The molecule has 1 aromatic carbocycles. The molecule has 1 saturated heterocycles. The van der Waals surface area contributed by atoms with Crippen LogP contribution in [-0.2, 0) is 16.1 Å². The summed E-state index contributed by atoms with van der Waals surface area (Å²) < 4.78 is 5.82. The topological polar surface area (TPSA) is 62.6 Å².